The summed E-state index contributed by atoms with van der Waals surface area (Å²) >= 11 is 0. The Bertz CT molecular complexity index is 559. The van der Waals surface area contributed by atoms with Crippen molar-refractivity contribution in [2.24, 2.45) is 0 Å². The lowest BCUT2D eigenvalue weighted by atomic mass is 10.0. The maximum absolute atomic E-state index is 4.79. The van der Waals surface area contributed by atoms with Crippen LogP contribution in [0.5, 0.6) is 0 Å². The van der Waals surface area contributed by atoms with Crippen LogP contribution in [0.2, 0.25) is 0 Å². The van der Waals surface area contributed by atoms with Crippen LogP contribution in [-0.2, 0) is 6.42 Å². The molecule has 96 valence electrons. The van der Waals surface area contributed by atoms with Crippen molar-refractivity contribution in [3.63, 3.8) is 0 Å². The number of aryl methyl sites for hydroxylation is 3. The molecule has 18 heavy (non-hydrogen) atoms. The summed E-state index contributed by atoms with van der Waals surface area (Å²) in [6.45, 7) is 9.53. The fourth-order valence-electron chi connectivity index (χ4n) is 2.45. The third kappa shape index (κ3) is 2.47. The number of benzene rings is 1. The van der Waals surface area contributed by atoms with E-state index < -0.39 is 0 Å². The molecule has 2 rings (SSSR count). The van der Waals surface area contributed by atoms with E-state index in [-0.39, 0.29) is 0 Å². The molecular weight excluding hydrogens is 220 g/mol. The van der Waals surface area contributed by atoms with Crippen molar-refractivity contribution in [2.75, 3.05) is 11.9 Å². The quantitative estimate of drug-likeness (QED) is 0.867. The molecule has 0 spiro atoms. The number of aromatic nitrogens is 1. The third-order valence-electron chi connectivity index (χ3n) is 3.23. The van der Waals surface area contributed by atoms with Gasteiger partial charge in [0, 0.05) is 11.9 Å². The van der Waals surface area contributed by atoms with E-state index in [2.05, 4.69) is 51.2 Å². The zero-order valence-electron chi connectivity index (χ0n) is 11.8. The van der Waals surface area contributed by atoms with Crippen LogP contribution >= 0.6 is 0 Å². The summed E-state index contributed by atoms with van der Waals surface area (Å²) in [4.78, 5) is 4.79. The van der Waals surface area contributed by atoms with Gasteiger partial charge < -0.3 is 5.32 Å². The zero-order chi connectivity index (χ0) is 13.1. The van der Waals surface area contributed by atoms with E-state index in [9.17, 15) is 0 Å². The summed E-state index contributed by atoms with van der Waals surface area (Å²) in [7, 11) is 0. The van der Waals surface area contributed by atoms with Crippen LogP contribution in [0.15, 0.2) is 18.2 Å². The maximum atomic E-state index is 4.79. The molecule has 0 saturated heterocycles. The Morgan fingerprint density at radius 1 is 1.11 bits per heavy atom. The molecular formula is C16H22N2. The lowest BCUT2D eigenvalue weighted by Crippen LogP contribution is -2.04. The monoisotopic (exact) mass is 242 g/mol. The first-order chi connectivity index (χ1) is 8.65. The largest absolute Gasteiger partial charge is 0.370 e. The molecule has 2 aromatic rings. The van der Waals surface area contributed by atoms with E-state index in [1.54, 1.807) is 0 Å². The van der Waals surface area contributed by atoms with Gasteiger partial charge in [0.2, 0.25) is 0 Å². The Balaban J connectivity index is 2.63. The fraction of sp³-hybridized carbons (Fsp3) is 0.438. The Hall–Kier alpha value is -1.57. The topological polar surface area (TPSA) is 24.9 Å². The second-order valence-corrected chi connectivity index (χ2v) is 4.92. The van der Waals surface area contributed by atoms with Gasteiger partial charge in [0.15, 0.2) is 0 Å². The molecule has 0 fully saturated rings. The van der Waals surface area contributed by atoms with Gasteiger partial charge >= 0.3 is 0 Å². The predicted octanol–water partition coefficient (Wildman–Crippen LogP) is 4.24. The van der Waals surface area contributed by atoms with Crippen molar-refractivity contribution < 1.29 is 0 Å². The van der Waals surface area contributed by atoms with E-state index in [1.807, 2.05) is 0 Å². The van der Waals surface area contributed by atoms with E-state index in [4.69, 9.17) is 4.98 Å². The van der Waals surface area contributed by atoms with Crippen molar-refractivity contribution in [1.29, 1.82) is 0 Å². The fourth-order valence-corrected chi connectivity index (χ4v) is 2.45. The zero-order valence-corrected chi connectivity index (χ0v) is 11.8. The Kier molecular flexibility index (Phi) is 3.85. The normalized spacial score (nSPS) is 10.9. The van der Waals surface area contributed by atoms with Crippen molar-refractivity contribution in [3.05, 3.63) is 34.9 Å². The molecule has 0 unspecified atom stereocenters. The minimum atomic E-state index is 0.917. The standard InChI is InChI=1S/C16H22N2/c1-5-7-13-10-14-12(4)8-11(3)9-15(14)18-16(13)17-6-2/h8-10H,5-7H2,1-4H3,(H,17,18). The van der Waals surface area contributed by atoms with Gasteiger partial charge in [0.05, 0.1) is 5.52 Å². The van der Waals surface area contributed by atoms with Crippen molar-refractivity contribution in [1.82, 2.24) is 4.98 Å². The van der Waals surface area contributed by atoms with Gasteiger partial charge in [0.25, 0.3) is 0 Å². The highest BCUT2D eigenvalue weighted by atomic mass is 15.0. The average molecular weight is 242 g/mol. The molecule has 1 aromatic heterocycles. The molecule has 2 heteroatoms. The highest BCUT2D eigenvalue weighted by molar-refractivity contribution is 5.85. The first-order valence-electron chi connectivity index (χ1n) is 6.80. The second-order valence-electron chi connectivity index (χ2n) is 4.92. The summed E-state index contributed by atoms with van der Waals surface area (Å²) in [6, 6.07) is 6.70. The maximum Gasteiger partial charge on any atom is 0.129 e. The summed E-state index contributed by atoms with van der Waals surface area (Å²) < 4.78 is 0. The van der Waals surface area contributed by atoms with Crippen LogP contribution in [0, 0.1) is 13.8 Å². The molecule has 0 aliphatic rings. The number of hydrogen-bond acceptors (Lipinski definition) is 2. The van der Waals surface area contributed by atoms with Crippen molar-refractivity contribution in [2.45, 2.75) is 40.5 Å². The Morgan fingerprint density at radius 2 is 1.89 bits per heavy atom. The van der Waals surface area contributed by atoms with Crippen molar-refractivity contribution >= 4 is 16.7 Å². The number of anilines is 1. The van der Waals surface area contributed by atoms with Gasteiger partial charge in [-0.05, 0) is 56.0 Å². The number of fused-ring (bicyclic) bond motifs is 1. The predicted molar refractivity (Wildman–Crippen MR) is 79.4 cm³/mol. The SMILES string of the molecule is CCCc1cc2c(C)cc(C)cc2nc1NCC. The molecule has 1 N–H and O–H groups in total. The molecule has 0 amide bonds. The first kappa shape index (κ1) is 12.9. The minimum Gasteiger partial charge on any atom is -0.370 e. The van der Waals surface area contributed by atoms with Crippen LogP contribution in [0.1, 0.15) is 37.0 Å². The molecule has 2 nitrogen and oxygen atoms in total. The molecule has 0 atom stereocenters. The van der Waals surface area contributed by atoms with Crippen LogP contribution < -0.4 is 5.32 Å². The minimum absolute atomic E-state index is 0.917. The smallest absolute Gasteiger partial charge is 0.129 e. The van der Waals surface area contributed by atoms with Gasteiger partial charge in [-0.1, -0.05) is 19.4 Å². The van der Waals surface area contributed by atoms with E-state index in [0.717, 1.165) is 30.7 Å². The van der Waals surface area contributed by atoms with E-state index >= 15 is 0 Å². The lowest BCUT2D eigenvalue weighted by Gasteiger charge is -2.12. The summed E-state index contributed by atoms with van der Waals surface area (Å²) in [6.07, 6.45) is 2.23. The highest BCUT2D eigenvalue weighted by Crippen LogP contribution is 2.25. The van der Waals surface area contributed by atoms with Gasteiger partial charge in [-0.2, -0.15) is 0 Å². The Labute approximate surface area is 109 Å². The molecule has 0 bridgehead atoms. The van der Waals surface area contributed by atoms with Gasteiger partial charge in [-0.25, -0.2) is 4.98 Å². The summed E-state index contributed by atoms with van der Waals surface area (Å²) in [5.41, 5.74) is 5.03. The number of rotatable bonds is 4. The summed E-state index contributed by atoms with van der Waals surface area (Å²) in [5, 5.41) is 4.66. The van der Waals surface area contributed by atoms with Gasteiger partial charge in [0.1, 0.15) is 5.82 Å². The molecule has 0 radical (unpaired) electrons. The second kappa shape index (κ2) is 5.38. The van der Waals surface area contributed by atoms with Gasteiger partial charge in [-0.3, -0.25) is 0 Å². The van der Waals surface area contributed by atoms with E-state index in [0.29, 0.717) is 0 Å². The summed E-state index contributed by atoms with van der Waals surface area (Å²) in [5.74, 6) is 1.05. The number of pyridine rings is 1. The number of nitrogens with one attached hydrogen (secondary N) is 1. The average Bonchev–Trinajstić information content (AvgIpc) is 2.31. The third-order valence-corrected chi connectivity index (χ3v) is 3.23. The molecule has 0 aliphatic heterocycles. The van der Waals surface area contributed by atoms with Crippen LogP contribution in [0.25, 0.3) is 10.9 Å². The lowest BCUT2D eigenvalue weighted by molar-refractivity contribution is 0.915. The van der Waals surface area contributed by atoms with Crippen LogP contribution in [-0.4, -0.2) is 11.5 Å². The van der Waals surface area contributed by atoms with Crippen LogP contribution in [0.4, 0.5) is 5.82 Å². The molecule has 0 saturated carbocycles. The molecule has 0 aliphatic carbocycles. The number of hydrogen-bond donors (Lipinski definition) is 1. The molecule has 1 aromatic carbocycles. The van der Waals surface area contributed by atoms with Gasteiger partial charge in [-0.15, -0.1) is 0 Å². The highest BCUT2D eigenvalue weighted by Gasteiger charge is 2.07. The van der Waals surface area contributed by atoms with E-state index in [1.165, 1.54) is 22.1 Å². The molecule has 1 heterocycles. The number of nitrogens with zero attached hydrogens (tertiary/aromatic N) is 1. The van der Waals surface area contributed by atoms with Crippen molar-refractivity contribution in [3.8, 4) is 0 Å². The Morgan fingerprint density at radius 3 is 2.56 bits per heavy atom. The van der Waals surface area contributed by atoms with Crippen LogP contribution in [0.3, 0.4) is 0 Å². The first-order valence-corrected chi connectivity index (χ1v) is 6.80.